The summed E-state index contributed by atoms with van der Waals surface area (Å²) in [6, 6.07) is 15.8. The largest absolute Gasteiger partial charge is 0.348 e. The molecule has 0 spiro atoms. The number of halogens is 1. The first-order chi connectivity index (χ1) is 12.6. The summed E-state index contributed by atoms with van der Waals surface area (Å²) >= 11 is 6.15. The Bertz CT molecular complexity index is 959. The van der Waals surface area contributed by atoms with Crippen molar-refractivity contribution in [1.29, 1.82) is 0 Å². The lowest BCUT2D eigenvalue weighted by molar-refractivity contribution is -0.130. The molecule has 1 aliphatic rings. The molecule has 0 radical (unpaired) electrons. The Kier molecular flexibility index (Phi) is 4.45. The van der Waals surface area contributed by atoms with Crippen molar-refractivity contribution in [3.63, 3.8) is 0 Å². The molecular weight excluding hydrogens is 346 g/mol. The highest BCUT2D eigenvalue weighted by Gasteiger charge is 2.45. The molecule has 3 aromatic rings. The number of benzene rings is 2. The van der Waals surface area contributed by atoms with Crippen LogP contribution in [0.4, 0.5) is 0 Å². The maximum Gasteiger partial charge on any atom is 0.231 e. The van der Waals surface area contributed by atoms with Gasteiger partial charge >= 0.3 is 0 Å². The second-order valence-corrected chi connectivity index (χ2v) is 7.33. The Morgan fingerprint density at radius 3 is 2.73 bits per heavy atom. The quantitative estimate of drug-likeness (QED) is 0.724. The highest BCUT2D eigenvalue weighted by Crippen LogP contribution is 2.44. The van der Waals surface area contributed by atoms with Gasteiger partial charge in [0, 0.05) is 11.6 Å². The van der Waals surface area contributed by atoms with Crippen LogP contribution in [-0.2, 0) is 23.3 Å². The molecule has 4 rings (SSSR count). The summed E-state index contributed by atoms with van der Waals surface area (Å²) < 4.78 is 2.16. The first kappa shape index (κ1) is 17.1. The summed E-state index contributed by atoms with van der Waals surface area (Å²) in [5, 5.41) is 3.81. The van der Waals surface area contributed by atoms with E-state index in [2.05, 4.69) is 22.9 Å². The third-order valence-electron chi connectivity index (χ3n) is 5.48. The van der Waals surface area contributed by atoms with Crippen LogP contribution in [0, 0.1) is 0 Å². The maximum atomic E-state index is 13.1. The number of carbonyl (C=O) groups excluding carboxylic acids is 1. The van der Waals surface area contributed by atoms with Gasteiger partial charge in [0.05, 0.1) is 23.0 Å². The van der Waals surface area contributed by atoms with Crippen molar-refractivity contribution >= 4 is 28.5 Å². The van der Waals surface area contributed by atoms with E-state index in [1.165, 1.54) is 0 Å². The number of fused-ring (bicyclic) bond motifs is 1. The van der Waals surface area contributed by atoms with Crippen LogP contribution in [0.2, 0.25) is 5.02 Å². The van der Waals surface area contributed by atoms with Gasteiger partial charge in [-0.1, -0.05) is 42.3 Å². The average Bonchev–Trinajstić information content (AvgIpc) is 2.96. The van der Waals surface area contributed by atoms with Gasteiger partial charge in [0.25, 0.3) is 0 Å². The van der Waals surface area contributed by atoms with E-state index in [0.717, 1.165) is 48.2 Å². The number of amides is 1. The molecule has 1 saturated carbocycles. The second-order valence-electron chi connectivity index (χ2n) is 6.89. The highest BCUT2D eigenvalue weighted by atomic mass is 35.5. The Hall–Kier alpha value is -2.33. The van der Waals surface area contributed by atoms with E-state index in [-0.39, 0.29) is 5.91 Å². The first-order valence-electron chi connectivity index (χ1n) is 9.12. The highest BCUT2D eigenvalue weighted by molar-refractivity contribution is 6.30. The number of nitrogens with one attached hydrogen (secondary N) is 1. The fourth-order valence-electron chi connectivity index (χ4n) is 3.91. The van der Waals surface area contributed by atoms with Gasteiger partial charge in [-0.05, 0) is 49.6 Å². The zero-order valence-corrected chi connectivity index (χ0v) is 15.6. The first-order valence-corrected chi connectivity index (χ1v) is 9.50. The minimum absolute atomic E-state index is 0.0701. The zero-order chi connectivity index (χ0) is 18.1. The topological polar surface area (TPSA) is 46.9 Å². The summed E-state index contributed by atoms with van der Waals surface area (Å²) in [6.07, 6.45) is 2.79. The van der Waals surface area contributed by atoms with Crippen molar-refractivity contribution < 1.29 is 4.79 Å². The number of aryl methyl sites for hydroxylation is 1. The fraction of sp³-hybridized carbons (Fsp3) is 0.333. The van der Waals surface area contributed by atoms with E-state index in [9.17, 15) is 4.79 Å². The maximum absolute atomic E-state index is 13.1. The third kappa shape index (κ3) is 2.78. The van der Waals surface area contributed by atoms with E-state index >= 15 is 0 Å². The summed E-state index contributed by atoms with van der Waals surface area (Å²) in [7, 11) is 0. The van der Waals surface area contributed by atoms with Crippen LogP contribution < -0.4 is 5.32 Å². The SMILES string of the molecule is CCn1c(CNC(=O)C2(c3cccc(Cl)c3)CCC2)nc2ccccc21. The average molecular weight is 368 g/mol. The normalized spacial score (nSPS) is 15.6. The smallest absolute Gasteiger partial charge is 0.231 e. The van der Waals surface area contributed by atoms with Crippen LogP contribution >= 0.6 is 11.6 Å². The molecule has 0 aliphatic heterocycles. The van der Waals surface area contributed by atoms with Gasteiger partial charge in [0.15, 0.2) is 0 Å². The number of imidazole rings is 1. The molecule has 134 valence electrons. The van der Waals surface area contributed by atoms with Crippen molar-refractivity contribution in [1.82, 2.24) is 14.9 Å². The molecule has 1 aliphatic carbocycles. The Labute approximate surface area is 158 Å². The summed E-state index contributed by atoms with van der Waals surface area (Å²) in [5.74, 6) is 0.961. The predicted octanol–water partition coefficient (Wildman–Crippen LogP) is 4.45. The molecule has 1 aromatic heterocycles. The lowest BCUT2D eigenvalue weighted by atomic mass is 9.64. The molecule has 1 N–H and O–H groups in total. The van der Waals surface area contributed by atoms with Crippen molar-refractivity contribution in [2.45, 2.75) is 44.7 Å². The Balaban J connectivity index is 1.57. The number of aromatic nitrogens is 2. The predicted molar refractivity (Wildman–Crippen MR) is 104 cm³/mol. The molecule has 0 atom stereocenters. The van der Waals surface area contributed by atoms with E-state index in [1.807, 2.05) is 42.5 Å². The van der Waals surface area contributed by atoms with Crippen molar-refractivity contribution in [2.24, 2.45) is 0 Å². The molecule has 1 amide bonds. The van der Waals surface area contributed by atoms with Gasteiger partial charge in [-0.2, -0.15) is 0 Å². The van der Waals surface area contributed by atoms with Crippen LogP contribution in [0.5, 0.6) is 0 Å². The van der Waals surface area contributed by atoms with Crippen molar-refractivity contribution in [2.75, 3.05) is 0 Å². The Morgan fingerprint density at radius 2 is 2.04 bits per heavy atom. The molecule has 1 heterocycles. The van der Waals surface area contributed by atoms with E-state index in [4.69, 9.17) is 16.6 Å². The van der Waals surface area contributed by atoms with Gasteiger partial charge in [0.1, 0.15) is 5.82 Å². The second kappa shape index (κ2) is 6.76. The zero-order valence-electron chi connectivity index (χ0n) is 14.8. The summed E-state index contributed by atoms with van der Waals surface area (Å²) in [5.41, 5.74) is 2.63. The number of rotatable bonds is 5. The number of hydrogen-bond donors (Lipinski definition) is 1. The molecule has 0 bridgehead atoms. The molecule has 0 saturated heterocycles. The summed E-state index contributed by atoms with van der Waals surface area (Å²) in [4.78, 5) is 17.8. The molecule has 4 nitrogen and oxygen atoms in total. The number of hydrogen-bond acceptors (Lipinski definition) is 2. The minimum Gasteiger partial charge on any atom is -0.348 e. The van der Waals surface area contributed by atoms with E-state index in [0.29, 0.717) is 11.6 Å². The molecule has 1 fully saturated rings. The van der Waals surface area contributed by atoms with Crippen LogP contribution in [0.3, 0.4) is 0 Å². The van der Waals surface area contributed by atoms with Crippen LogP contribution in [0.15, 0.2) is 48.5 Å². The van der Waals surface area contributed by atoms with Gasteiger partial charge < -0.3 is 9.88 Å². The lowest BCUT2D eigenvalue weighted by Crippen LogP contribution is -2.49. The van der Waals surface area contributed by atoms with Gasteiger partial charge in [-0.3, -0.25) is 4.79 Å². The van der Waals surface area contributed by atoms with Gasteiger partial charge in [-0.25, -0.2) is 4.98 Å². The molecule has 5 heteroatoms. The third-order valence-corrected chi connectivity index (χ3v) is 5.71. The van der Waals surface area contributed by atoms with Crippen LogP contribution in [-0.4, -0.2) is 15.5 Å². The van der Waals surface area contributed by atoms with E-state index < -0.39 is 5.41 Å². The Morgan fingerprint density at radius 1 is 1.23 bits per heavy atom. The molecular formula is C21H22ClN3O. The standard InChI is InChI=1S/C21H22ClN3O/c1-2-25-18-10-4-3-9-17(18)24-19(25)14-23-20(26)21(11-6-12-21)15-7-5-8-16(22)13-15/h3-5,7-10,13H,2,6,11-12,14H2,1H3,(H,23,26). The van der Waals surface area contributed by atoms with Gasteiger partial charge in [0.2, 0.25) is 5.91 Å². The number of nitrogens with zero attached hydrogens (tertiary/aromatic N) is 2. The summed E-state index contributed by atoms with van der Waals surface area (Å²) in [6.45, 7) is 3.35. The van der Waals surface area contributed by atoms with E-state index in [1.54, 1.807) is 0 Å². The molecule has 26 heavy (non-hydrogen) atoms. The van der Waals surface area contributed by atoms with Crippen LogP contribution in [0.1, 0.15) is 37.6 Å². The van der Waals surface area contributed by atoms with Crippen LogP contribution in [0.25, 0.3) is 11.0 Å². The molecule has 0 unspecified atom stereocenters. The number of para-hydroxylation sites is 2. The fourth-order valence-corrected chi connectivity index (χ4v) is 4.10. The van der Waals surface area contributed by atoms with Crippen molar-refractivity contribution in [3.05, 3.63) is 64.9 Å². The monoisotopic (exact) mass is 367 g/mol. The van der Waals surface area contributed by atoms with Crippen molar-refractivity contribution in [3.8, 4) is 0 Å². The molecule has 2 aromatic carbocycles. The lowest BCUT2D eigenvalue weighted by Gasteiger charge is -2.40. The number of carbonyl (C=O) groups is 1. The minimum atomic E-state index is -0.450. The van der Waals surface area contributed by atoms with Gasteiger partial charge in [-0.15, -0.1) is 0 Å².